The van der Waals surface area contributed by atoms with Crippen LogP contribution in [0.3, 0.4) is 0 Å². The van der Waals surface area contributed by atoms with Crippen molar-refractivity contribution in [2.24, 2.45) is 0 Å². The lowest BCUT2D eigenvalue weighted by Crippen LogP contribution is -2.10. The van der Waals surface area contributed by atoms with Crippen LogP contribution in [-0.4, -0.2) is 25.4 Å². The molecule has 0 unspecified atom stereocenters. The molecule has 5 heteroatoms. The molecule has 21 heavy (non-hydrogen) atoms. The Morgan fingerprint density at radius 3 is 2.52 bits per heavy atom. The number of methoxy groups -OCH3 is 1. The van der Waals surface area contributed by atoms with Crippen molar-refractivity contribution >= 4 is 15.9 Å². The summed E-state index contributed by atoms with van der Waals surface area (Å²) in [6, 6.07) is 13.0. The van der Waals surface area contributed by atoms with E-state index in [1.807, 2.05) is 24.3 Å². The molecule has 0 heterocycles. The van der Waals surface area contributed by atoms with Crippen LogP contribution in [0.1, 0.15) is 5.56 Å². The fraction of sp³-hybridized carbons (Fsp3) is 0.250. The van der Waals surface area contributed by atoms with Gasteiger partial charge in [0.2, 0.25) is 0 Å². The summed E-state index contributed by atoms with van der Waals surface area (Å²) in [7, 11) is 1.59. The van der Waals surface area contributed by atoms with Gasteiger partial charge in [-0.3, -0.25) is 0 Å². The van der Waals surface area contributed by atoms with Crippen LogP contribution in [0.5, 0.6) is 17.2 Å². The number of halogens is 1. The van der Waals surface area contributed by atoms with Gasteiger partial charge in [0.25, 0.3) is 0 Å². The van der Waals surface area contributed by atoms with Gasteiger partial charge in [-0.05, 0) is 36.4 Å². The smallest absolute Gasteiger partial charge is 0.125 e. The maximum Gasteiger partial charge on any atom is 0.125 e. The molecule has 0 aliphatic rings. The summed E-state index contributed by atoms with van der Waals surface area (Å²) >= 11 is 3.39. The molecule has 2 aromatic rings. The topological polar surface area (TPSA) is 47.9 Å². The highest BCUT2D eigenvalue weighted by molar-refractivity contribution is 9.10. The number of rotatable bonds is 7. The first-order chi connectivity index (χ1) is 10.2. The Bertz CT molecular complexity index is 586. The van der Waals surface area contributed by atoms with Crippen LogP contribution < -0.4 is 14.2 Å². The SMILES string of the molecule is COc1ccc(OCCOc2cccc(Br)c2)c(CO)c1. The summed E-state index contributed by atoms with van der Waals surface area (Å²) in [5.41, 5.74) is 0.691. The van der Waals surface area contributed by atoms with Crippen LogP contribution in [0.2, 0.25) is 0 Å². The van der Waals surface area contributed by atoms with E-state index in [1.54, 1.807) is 25.3 Å². The maximum atomic E-state index is 9.33. The van der Waals surface area contributed by atoms with Crippen molar-refractivity contribution in [3.8, 4) is 17.2 Å². The first-order valence-electron chi connectivity index (χ1n) is 6.52. The Morgan fingerprint density at radius 2 is 1.81 bits per heavy atom. The minimum absolute atomic E-state index is 0.0982. The van der Waals surface area contributed by atoms with E-state index in [9.17, 15) is 5.11 Å². The van der Waals surface area contributed by atoms with Crippen molar-refractivity contribution < 1.29 is 19.3 Å². The average molecular weight is 353 g/mol. The molecule has 4 nitrogen and oxygen atoms in total. The van der Waals surface area contributed by atoms with Crippen LogP contribution in [-0.2, 0) is 6.61 Å². The number of ether oxygens (including phenoxy) is 3. The second kappa shape index (κ2) is 7.90. The van der Waals surface area contributed by atoms with Crippen molar-refractivity contribution in [2.75, 3.05) is 20.3 Å². The Morgan fingerprint density at radius 1 is 1.00 bits per heavy atom. The average Bonchev–Trinajstić information content (AvgIpc) is 2.51. The highest BCUT2D eigenvalue weighted by atomic mass is 79.9. The quantitative estimate of drug-likeness (QED) is 0.775. The summed E-state index contributed by atoms with van der Waals surface area (Å²) in [5, 5.41) is 9.33. The Hall–Kier alpha value is -1.72. The monoisotopic (exact) mass is 352 g/mol. The maximum absolute atomic E-state index is 9.33. The van der Waals surface area contributed by atoms with Crippen molar-refractivity contribution in [3.63, 3.8) is 0 Å². The van der Waals surface area contributed by atoms with Crippen LogP contribution in [0.4, 0.5) is 0 Å². The standard InChI is InChI=1S/C16H17BrO4/c1-19-14-5-6-16(12(9-14)11-18)21-8-7-20-15-4-2-3-13(17)10-15/h2-6,9-10,18H,7-8,11H2,1H3. The normalized spacial score (nSPS) is 10.2. The molecule has 0 fully saturated rings. The van der Waals surface area contributed by atoms with E-state index in [0.29, 0.717) is 30.3 Å². The van der Waals surface area contributed by atoms with Crippen LogP contribution in [0, 0.1) is 0 Å². The summed E-state index contributed by atoms with van der Waals surface area (Å²) in [4.78, 5) is 0. The molecular formula is C16H17BrO4. The first-order valence-corrected chi connectivity index (χ1v) is 7.31. The van der Waals surface area contributed by atoms with E-state index in [1.165, 1.54) is 0 Å². The third-order valence-corrected chi connectivity index (χ3v) is 3.34. The molecular weight excluding hydrogens is 336 g/mol. The minimum Gasteiger partial charge on any atom is -0.497 e. The fourth-order valence-corrected chi connectivity index (χ4v) is 2.19. The highest BCUT2D eigenvalue weighted by Gasteiger charge is 2.05. The van der Waals surface area contributed by atoms with Gasteiger partial charge in [0.15, 0.2) is 0 Å². The number of hydrogen-bond acceptors (Lipinski definition) is 4. The number of hydrogen-bond donors (Lipinski definition) is 1. The van der Waals surface area contributed by atoms with Crippen molar-refractivity contribution in [1.82, 2.24) is 0 Å². The van der Waals surface area contributed by atoms with E-state index in [-0.39, 0.29) is 6.61 Å². The summed E-state index contributed by atoms with van der Waals surface area (Å²) in [6.07, 6.45) is 0. The third-order valence-electron chi connectivity index (χ3n) is 2.84. The summed E-state index contributed by atoms with van der Waals surface area (Å²) in [6.45, 7) is 0.720. The van der Waals surface area contributed by atoms with Gasteiger partial charge in [0.05, 0.1) is 13.7 Å². The van der Waals surface area contributed by atoms with Gasteiger partial charge in [-0.1, -0.05) is 22.0 Å². The molecule has 0 saturated heterocycles. The van der Waals surface area contributed by atoms with Gasteiger partial charge in [-0.15, -0.1) is 0 Å². The van der Waals surface area contributed by atoms with Gasteiger partial charge in [-0.25, -0.2) is 0 Å². The zero-order valence-electron chi connectivity index (χ0n) is 11.7. The second-order valence-corrected chi connectivity index (χ2v) is 5.20. The number of aliphatic hydroxyl groups excluding tert-OH is 1. The summed E-state index contributed by atoms with van der Waals surface area (Å²) < 4.78 is 17.3. The lowest BCUT2D eigenvalue weighted by atomic mass is 10.2. The van der Waals surface area contributed by atoms with Gasteiger partial charge in [-0.2, -0.15) is 0 Å². The van der Waals surface area contributed by atoms with Crippen LogP contribution >= 0.6 is 15.9 Å². The third kappa shape index (κ3) is 4.65. The van der Waals surface area contributed by atoms with Crippen molar-refractivity contribution in [3.05, 3.63) is 52.5 Å². The fourth-order valence-electron chi connectivity index (χ4n) is 1.82. The molecule has 0 bridgehead atoms. The molecule has 0 atom stereocenters. The largest absolute Gasteiger partial charge is 0.497 e. The number of aliphatic hydroxyl groups is 1. The Labute approximate surface area is 132 Å². The van der Waals surface area contributed by atoms with Crippen LogP contribution in [0.15, 0.2) is 46.9 Å². The molecule has 112 valence electrons. The molecule has 0 saturated carbocycles. The van der Waals surface area contributed by atoms with E-state index in [2.05, 4.69) is 15.9 Å². The minimum atomic E-state index is -0.0982. The zero-order valence-corrected chi connectivity index (χ0v) is 13.3. The molecule has 1 N–H and O–H groups in total. The molecule has 2 rings (SSSR count). The van der Waals surface area contributed by atoms with E-state index in [4.69, 9.17) is 14.2 Å². The van der Waals surface area contributed by atoms with Crippen molar-refractivity contribution in [2.45, 2.75) is 6.61 Å². The summed E-state index contributed by atoms with van der Waals surface area (Å²) in [5.74, 6) is 2.11. The van der Waals surface area contributed by atoms with Crippen molar-refractivity contribution in [1.29, 1.82) is 0 Å². The van der Waals surface area contributed by atoms with E-state index >= 15 is 0 Å². The lowest BCUT2D eigenvalue weighted by Gasteiger charge is -2.12. The van der Waals surface area contributed by atoms with Gasteiger partial charge in [0.1, 0.15) is 30.5 Å². The van der Waals surface area contributed by atoms with E-state index < -0.39 is 0 Å². The lowest BCUT2D eigenvalue weighted by molar-refractivity contribution is 0.209. The molecule has 0 aliphatic heterocycles. The zero-order chi connectivity index (χ0) is 15.1. The first kappa shape index (κ1) is 15.7. The van der Waals surface area contributed by atoms with Crippen LogP contribution in [0.25, 0.3) is 0 Å². The Kier molecular flexibility index (Phi) is 5.90. The molecule has 0 spiro atoms. The second-order valence-electron chi connectivity index (χ2n) is 4.29. The molecule has 2 aromatic carbocycles. The van der Waals surface area contributed by atoms with Gasteiger partial charge < -0.3 is 19.3 Å². The molecule has 0 aromatic heterocycles. The van der Waals surface area contributed by atoms with Gasteiger partial charge >= 0.3 is 0 Å². The Balaban J connectivity index is 1.86. The predicted molar refractivity (Wildman–Crippen MR) is 84.0 cm³/mol. The molecule has 0 aliphatic carbocycles. The predicted octanol–water partition coefficient (Wildman–Crippen LogP) is 3.41. The number of benzene rings is 2. The van der Waals surface area contributed by atoms with Gasteiger partial charge in [0, 0.05) is 10.0 Å². The molecule has 0 amide bonds. The van der Waals surface area contributed by atoms with E-state index in [0.717, 1.165) is 10.2 Å². The highest BCUT2D eigenvalue weighted by Crippen LogP contribution is 2.24. The molecule has 0 radical (unpaired) electrons.